The minimum atomic E-state index is -0.383. The van der Waals surface area contributed by atoms with Crippen LogP contribution >= 0.6 is 0 Å². The van der Waals surface area contributed by atoms with Crippen LogP contribution in [0.2, 0.25) is 0 Å². The molecule has 0 aliphatic carbocycles. The van der Waals surface area contributed by atoms with Crippen LogP contribution in [0.25, 0.3) is 0 Å². The van der Waals surface area contributed by atoms with Crippen LogP contribution in [0, 0.1) is 11.3 Å². The summed E-state index contributed by atoms with van der Waals surface area (Å²) in [5.74, 6) is -0.0922. The van der Waals surface area contributed by atoms with Gasteiger partial charge in [-0.25, -0.2) is 0 Å². The van der Waals surface area contributed by atoms with Crippen molar-refractivity contribution >= 4 is 11.8 Å². The highest BCUT2D eigenvalue weighted by molar-refractivity contribution is 5.88. The van der Waals surface area contributed by atoms with E-state index in [1.165, 1.54) is 0 Å². The molecule has 1 N–H and O–H groups in total. The molecule has 0 aromatic rings. The van der Waals surface area contributed by atoms with Crippen molar-refractivity contribution in [1.29, 1.82) is 5.26 Å². The minimum Gasteiger partial charge on any atom is -0.351 e. The molecule has 0 radical (unpaired) electrons. The lowest BCUT2D eigenvalue weighted by Crippen LogP contribution is -2.49. The maximum Gasteiger partial charge on any atom is 0.243 e. The molecule has 1 aliphatic rings. The van der Waals surface area contributed by atoms with Gasteiger partial charge in [0, 0.05) is 19.0 Å². The monoisotopic (exact) mass is 237 g/mol. The van der Waals surface area contributed by atoms with Crippen molar-refractivity contribution in [3.8, 4) is 6.07 Å². The van der Waals surface area contributed by atoms with Gasteiger partial charge in [0.05, 0.1) is 12.5 Å². The van der Waals surface area contributed by atoms with E-state index in [2.05, 4.69) is 5.32 Å². The van der Waals surface area contributed by atoms with E-state index in [4.69, 9.17) is 5.26 Å². The Balaban J connectivity index is 2.58. The van der Waals surface area contributed by atoms with Crippen molar-refractivity contribution < 1.29 is 9.59 Å². The second-order valence-corrected chi connectivity index (χ2v) is 4.39. The van der Waals surface area contributed by atoms with Gasteiger partial charge in [0.2, 0.25) is 11.8 Å². The summed E-state index contributed by atoms with van der Waals surface area (Å²) >= 11 is 0. The van der Waals surface area contributed by atoms with Gasteiger partial charge in [-0.3, -0.25) is 9.59 Å². The summed E-state index contributed by atoms with van der Waals surface area (Å²) in [5, 5.41) is 11.3. The Morgan fingerprint density at radius 3 is 2.82 bits per heavy atom. The molecule has 1 heterocycles. The van der Waals surface area contributed by atoms with E-state index in [1.54, 1.807) is 11.8 Å². The quantitative estimate of drug-likeness (QED) is 0.768. The second-order valence-electron chi connectivity index (χ2n) is 4.39. The first-order chi connectivity index (χ1) is 8.10. The molecule has 1 rings (SSSR count). The second kappa shape index (κ2) is 6.24. The number of carbonyl (C=O) groups excluding carboxylic acids is 2. The number of nitrogens with zero attached hydrogens (tertiary/aromatic N) is 2. The molecular formula is C12H19N3O2. The SMILES string of the molecule is CC[C@H](C(=O)N[C@H](C)CC#N)N1CCCC1=O. The third kappa shape index (κ3) is 3.45. The Kier molecular flexibility index (Phi) is 4.95. The van der Waals surface area contributed by atoms with Crippen molar-refractivity contribution in [1.82, 2.24) is 10.2 Å². The molecule has 1 aliphatic heterocycles. The zero-order chi connectivity index (χ0) is 12.8. The van der Waals surface area contributed by atoms with Crippen molar-refractivity contribution in [2.45, 2.75) is 51.6 Å². The number of likely N-dealkylation sites (tertiary alicyclic amines) is 1. The Bertz CT molecular complexity index is 335. The molecule has 0 bridgehead atoms. The van der Waals surface area contributed by atoms with Gasteiger partial charge in [0.25, 0.3) is 0 Å². The Morgan fingerprint density at radius 2 is 2.35 bits per heavy atom. The fourth-order valence-corrected chi connectivity index (χ4v) is 2.07. The van der Waals surface area contributed by atoms with Gasteiger partial charge in [0.15, 0.2) is 0 Å². The molecule has 5 heteroatoms. The standard InChI is InChI=1S/C12H19N3O2/c1-3-10(15-8-4-5-11(15)16)12(17)14-9(2)6-7-13/h9-10H,3-6,8H2,1-2H3,(H,14,17)/t9-,10-/m1/s1. The van der Waals surface area contributed by atoms with Gasteiger partial charge in [-0.1, -0.05) is 6.92 Å². The average Bonchev–Trinajstić information content (AvgIpc) is 2.66. The lowest BCUT2D eigenvalue weighted by molar-refractivity contribution is -0.137. The third-order valence-corrected chi connectivity index (χ3v) is 2.96. The molecule has 0 saturated carbocycles. The first-order valence-corrected chi connectivity index (χ1v) is 6.07. The predicted molar refractivity (Wildman–Crippen MR) is 62.9 cm³/mol. The molecule has 5 nitrogen and oxygen atoms in total. The fraction of sp³-hybridized carbons (Fsp3) is 0.750. The van der Waals surface area contributed by atoms with E-state index in [-0.39, 0.29) is 30.3 Å². The molecule has 0 aromatic heterocycles. The van der Waals surface area contributed by atoms with Crippen molar-refractivity contribution in [2.75, 3.05) is 6.54 Å². The van der Waals surface area contributed by atoms with E-state index in [9.17, 15) is 9.59 Å². The average molecular weight is 237 g/mol. The Morgan fingerprint density at radius 1 is 1.65 bits per heavy atom. The lowest BCUT2D eigenvalue weighted by atomic mass is 10.1. The Hall–Kier alpha value is -1.57. The molecule has 0 spiro atoms. The zero-order valence-corrected chi connectivity index (χ0v) is 10.4. The lowest BCUT2D eigenvalue weighted by Gasteiger charge is -2.26. The molecular weight excluding hydrogens is 218 g/mol. The molecule has 1 fully saturated rings. The number of amides is 2. The van der Waals surface area contributed by atoms with Crippen LogP contribution in [0.15, 0.2) is 0 Å². The maximum atomic E-state index is 12.0. The smallest absolute Gasteiger partial charge is 0.243 e. The van der Waals surface area contributed by atoms with Gasteiger partial charge in [-0.15, -0.1) is 0 Å². The van der Waals surface area contributed by atoms with Gasteiger partial charge in [-0.05, 0) is 19.8 Å². The zero-order valence-electron chi connectivity index (χ0n) is 10.4. The molecule has 94 valence electrons. The first-order valence-electron chi connectivity index (χ1n) is 6.07. The molecule has 2 amide bonds. The van der Waals surface area contributed by atoms with Crippen molar-refractivity contribution in [3.05, 3.63) is 0 Å². The van der Waals surface area contributed by atoms with E-state index in [0.29, 0.717) is 19.4 Å². The number of hydrogen-bond donors (Lipinski definition) is 1. The highest BCUT2D eigenvalue weighted by Crippen LogP contribution is 2.16. The molecule has 0 aromatic carbocycles. The van der Waals surface area contributed by atoms with Crippen LogP contribution in [-0.2, 0) is 9.59 Å². The molecule has 2 atom stereocenters. The summed E-state index contributed by atoms with van der Waals surface area (Å²) in [6.07, 6.45) is 2.26. The Labute approximate surface area is 102 Å². The summed E-state index contributed by atoms with van der Waals surface area (Å²) < 4.78 is 0. The van der Waals surface area contributed by atoms with Crippen LogP contribution in [-0.4, -0.2) is 35.3 Å². The number of nitriles is 1. The number of carbonyl (C=O) groups is 2. The summed E-state index contributed by atoms with van der Waals surface area (Å²) in [7, 11) is 0. The number of rotatable bonds is 5. The van der Waals surface area contributed by atoms with Crippen LogP contribution in [0.4, 0.5) is 0 Å². The summed E-state index contributed by atoms with van der Waals surface area (Å²) in [4.78, 5) is 25.2. The van der Waals surface area contributed by atoms with Crippen molar-refractivity contribution in [2.24, 2.45) is 0 Å². The normalized spacial score (nSPS) is 18.6. The number of hydrogen-bond acceptors (Lipinski definition) is 3. The van der Waals surface area contributed by atoms with Gasteiger partial charge >= 0.3 is 0 Å². The predicted octanol–water partition coefficient (Wildman–Crippen LogP) is 0.806. The summed E-state index contributed by atoms with van der Waals surface area (Å²) in [5.41, 5.74) is 0. The fourth-order valence-electron chi connectivity index (χ4n) is 2.07. The highest BCUT2D eigenvalue weighted by atomic mass is 16.2. The van der Waals surface area contributed by atoms with Crippen molar-refractivity contribution in [3.63, 3.8) is 0 Å². The molecule has 1 saturated heterocycles. The number of nitrogens with one attached hydrogen (secondary N) is 1. The van der Waals surface area contributed by atoms with Gasteiger partial charge < -0.3 is 10.2 Å². The highest BCUT2D eigenvalue weighted by Gasteiger charge is 2.31. The van der Waals surface area contributed by atoms with Crippen LogP contribution in [0.3, 0.4) is 0 Å². The minimum absolute atomic E-state index is 0.0555. The van der Waals surface area contributed by atoms with Gasteiger partial charge in [-0.2, -0.15) is 5.26 Å². The van der Waals surface area contributed by atoms with E-state index < -0.39 is 0 Å². The van der Waals surface area contributed by atoms with Crippen LogP contribution < -0.4 is 5.32 Å². The van der Waals surface area contributed by atoms with Crippen LogP contribution in [0.5, 0.6) is 0 Å². The summed E-state index contributed by atoms with van der Waals surface area (Å²) in [6.45, 7) is 4.35. The van der Waals surface area contributed by atoms with E-state index >= 15 is 0 Å². The largest absolute Gasteiger partial charge is 0.351 e. The molecule has 17 heavy (non-hydrogen) atoms. The first kappa shape index (κ1) is 13.5. The molecule has 0 unspecified atom stereocenters. The van der Waals surface area contributed by atoms with Crippen LogP contribution in [0.1, 0.15) is 39.5 Å². The topological polar surface area (TPSA) is 73.2 Å². The maximum absolute atomic E-state index is 12.0. The van der Waals surface area contributed by atoms with E-state index in [1.807, 2.05) is 13.0 Å². The summed E-state index contributed by atoms with van der Waals surface area (Å²) in [6, 6.07) is 1.46. The third-order valence-electron chi connectivity index (χ3n) is 2.96. The van der Waals surface area contributed by atoms with E-state index in [0.717, 1.165) is 6.42 Å². The van der Waals surface area contributed by atoms with Gasteiger partial charge in [0.1, 0.15) is 6.04 Å².